The maximum Gasteiger partial charge on any atom is 0.253 e. The van der Waals surface area contributed by atoms with Gasteiger partial charge in [-0.25, -0.2) is 9.50 Å². The number of carbonyl (C=O) groups is 1. The molecule has 0 saturated heterocycles. The number of benzene rings is 1. The fourth-order valence-electron chi connectivity index (χ4n) is 2.95. The van der Waals surface area contributed by atoms with Crippen molar-refractivity contribution in [3.8, 4) is 0 Å². The lowest BCUT2D eigenvalue weighted by Crippen LogP contribution is -2.16. The van der Waals surface area contributed by atoms with Crippen molar-refractivity contribution in [1.29, 1.82) is 0 Å². The van der Waals surface area contributed by atoms with Crippen molar-refractivity contribution in [2.45, 2.75) is 52.6 Å². The molecule has 0 aliphatic rings. The van der Waals surface area contributed by atoms with Crippen LogP contribution < -0.4 is 5.32 Å². The smallest absolute Gasteiger partial charge is 0.253 e. The molecule has 0 fully saturated rings. The lowest BCUT2D eigenvalue weighted by atomic mass is 9.98. The number of amides is 1. The van der Waals surface area contributed by atoms with E-state index in [2.05, 4.69) is 40.3 Å². The Morgan fingerprint density at radius 1 is 1.19 bits per heavy atom. The van der Waals surface area contributed by atoms with Gasteiger partial charge in [-0.2, -0.15) is 4.98 Å². The number of aromatic nitrogens is 4. The van der Waals surface area contributed by atoms with Crippen molar-refractivity contribution in [2.75, 3.05) is 11.1 Å². The zero-order valence-electron chi connectivity index (χ0n) is 16.6. The lowest BCUT2D eigenvalue weighted by Gasteiger charge is -2.16. The number of rotatable bonds is 5. The fourth-order valence-corrected chi connectivity index (χ4v) is 3.56. The van der Waals surface area contributed by atoms with E-state index in [1.807, 2.05) is 39.8 Å². The highest BCUT2D eigenvalue weighted by Gasteiger charge is 2.15. The number of nitrogens with one attached hydrogen (secondary N) is 1. The summed E-state index contributed by atoms with van der Waals surface area (Å²) in [4.78, 5) is 21.4. The van der Waals surface area contributed by atoms with Crippen molar-refractivity contribution in [1.82, 2.24) is 19.6 Å². The molecular formula is C20H25N5OS. The summed E-state index contributed by atoms with van der Waals surface area (Å²) >= 11 is 1.32. The molecule has 6 nitrogen and oxygen atoms in total. The molecule has 3 aromatic rings. The molecule has 7 heteroatoms. The number of para-hydroxylation sites is 1. The zero-order chi connectivity index (χ0) is 19.7. The van der Waals surface area contributed by atoms with E-state index in [1.165, 1.54) is 11.8 Å². The highest BCUT2D eigenvalue weighted by Crippen LogP contribution is 2.27. The molecule has 0 radical (unpaired) electrons. The summed E-state index contributed by atoms with van der Waals surface area (Å²) < 4.78 is 1.74. The lowest BCUT2D eigenvalue weighted by molar-refractivity contribution is -0.113. The zero-order valence-corrected chi connectivity index (χ0v) is 17.4. The van der Waals surface area contributed by atoms with E-state index in [-0.39, 0.29) is 11.7 Å². The van der Waals surface area contributed by atoms with Crippen LogP contribution in [0.1, 0.15) is 47.8 Å². The Kier molecular flexibility index (Phi) is 5.51. The fraction of sp³-hybridized carbons (Fsp3) is 0.400. The molecule has 142 valence electrons. The summed E-state index contributed by atoms with van der Waals surface area (Å²) in [6.45, 7) is 12.2. The number of aryl methyl sites for hydroxylation is 3. The van der Waals surface area contributed by atoms with Crippen molar-refractivity contribution < 1.29 is 4.79 Å². The van der Waals surface area contributed by atoms with Crippen molar-refractivity contribution in [3.05, 3.63) is 46.3 Å². The van der Waals surface area contributed by atoms with E-state index >= 15 is 0 Å². The molecule has 2 heterocycles. The van der Waals surface area contributed by atoms with Crippen LogP contribution in [0.4, 0.5) is 5.69 Å². The maximum absolute atomic E-state index is 12.5. The second-order valence-electron chi connectivity index (χ2n) is 7.04. The molecule has 1 N–H and O–H groups in total. The first-order valence-electron chi connectivity index (χ1n) is 9.00. The van der Waals surface area contributed by atoms with E-state index in [0.717, 1.165) is 33.8 Å². The third-order valence-electron chi connectivity index (χ3n) is 4.77. The molecule has 0 atom stereocenters. The molecule has 0 unspecified atom stereocenters. The minimum absolute atomic E-state index is 0.0629. The minimum atomic E-state index is -0.0629. The normalized spacial score (nSPS) is 11.4. The van der Waals surface area contributed by atoms with Crippen LogP contribution in [0, 0.1) is 27.7 Å². The predicted octanol–water partition coefficient (Wildman–Crippen LogP) is 4.21. The number of hydrogen-bond donors (Lipinski definition) is 1. The van der Waals surface area contributed by atoms with E-state index in [1.54, 1.807) is 4.52 Å². The minimum Gasteiger partial charge on any atom is -0.325 e. The van der Waals surface area contributed by atoms with Crippen LogP contribution in [-0.4, -0.2) is 31.2 Å². The molecule has 2 aromatic heterocycles. The number of hydrogen-bond acceptors (Lipinski definition) is 5. The Hall–Kier alpha value is -2.41. The summed E-state index contributed by atoms with van der Waals surface area (Å²) in [6.07, 6.45) is 0. The molecule has 27 heavy (non-hydrogen) atoms. The summed E-state index contributed by atoms with van der Waals surface area (Å²) in [5, 5.41) is 8.09. The second-order valence-corrected chi connectivity index (χ2v) is 7.99. The Balaban J connectivity index is 1.74. The van der Waals surface area contributed by atoms with Gasteiger partial charge in [-0.15, -0.1) is 5.10 Å². The molecule has 0 bridgehead atoms. The molecule has 0 saturated carbocycles. The number of carbonyl (C=O) groups excluding carboxylic acids is 1. The first-order valence-corrected chi connectivity index (χ1v) is 9.99. The van der Waals surface area contributed by atoms with Gasteiger partial charge in [0.05, 0.1) is 5.75 Å². The standard InChI is InChI=1S/C20H25N5OS/c1-11(2)16-9-7-8-12(3)18(16)22-17(26)10-27-20-23-19-21-14(5)13(4)15(6)25(19)24-20/h7-9,11H,10H2,1-6H3,(H,22,26). The number of nitrogens with zero attached hydrogens (tertiary/aromatic N) is 4. The highest BCUT2D eigenvalue weighted by molar-refractivity contribution is 7.99. The first-order chi connectivity index (χ1) is 12.8. The second kappa shape index (κ2) is 7.68. The van der Waals surface area contributed by atoms with Gasteiger partial charge in [0.1, 0.15) is 0 Å². The predicted molar refractivity (Wildman–Crippen MR) is 110 cm³/mol. The van der Waals surface area contributed by atoms with Crippen molar-refractivity contribution in [3.63, 3.8) is 0 Å². The monoisotopic (exact) mass is 383 g/mol. The number of thioether (sulfide) groups is 1. The highest BCUT2D eigenvalue weighted by atomic mass is 32.2. The summed E-state index contributed by atoms with van der Waals surface area (Å²) in [7, 11) is 0. The Labute approximate surface area is 163 Å². The summed E-state index contributed by atoms with van der Waals surface area (Å²) in [6, 6.07) is 6.09. The van der Waals surface area contributed by atoms with Gasteiger partial charge in [0.2, 0.25) is 11.1 Å². The first kappa shape index (κ1) is 19.4. The third-order valence-corrected chi connectivity index (χ3v) is 5.60. The molecular weight excluding hydrogens is 358 g/mol. The quantitative estimate of drug-likeness (QED) is 0.668. The van der Waals surface area contributed by atoms with Crippen molar-refractivity contribution >= 4 is 29.1 Å². The average molecular weight is 384 g/mol. The van der Waals surface area contributed by atoms with Gasteiger partial charge < -0.3 is 5.32 Å². The van der Waals surface area contributed by atoms with Gasteiger partial charge >= 0.3 is 0 Å². The van der Waals surface area contributed by atoms with Gasteiger partial charge in [0, 0.05) is 17.1 Å². The van der Waals surface area contributed by atoms with Gasteiger partial charge in [-0.1, -0.05) is 43.8 Å². The van der Waals surface area contributed by atoms with Crippen LogP contribution in [-0.2, 0) is 4.79 Å². The van der Waals surface area contributed by atoms with Crippen LogP contribution >= 0.6 is 11.8 Å². The van der Waals surface area contributed by atoms with Crippen LogP contribution in [0.15, 0.2) is 23.4 Å². The average Bonchev–Trinajstić information content (AvgIpc) is 3.02. The molecule has 1 aromatic carbocycles. The largest absolute Gasteiger partial charge is 0.325 e. The summed E-state index contributed by atoms with van der Waals surface area (Å²) in [5.41, 5.74) is 6.18. The summed E-state index contributed by atoms with van der Waals surface area (Å²) in [5.74, 6) is 1.10. The Morgan fingerprint density at radius 2 is 1.93 bits per heavy atom. The van der Waals surface area contributed by atoms with Gasteiger partial charge in [0.25, 0.3) is 5.78 Å². The van der Waals surface area contributed by atoms with Crippen LogP contribution in [0.2, 0.25) is 0 Å². The molecule has 0 aliphatic carbocycles. The van der Waals surface area contributed by atoms with Gasteiger partial charge in [0.15, 0.2) is 0 Å². The van der Waals surface area contributed by atoms with Crippen LogP contribution in [0.25, 0.3) is 5.78 Å². The van der Waals surface area contributed by atoms with E-state index in [9.17, 15) is 4.79 Å². The Bertz CT molecular complexity index is 1010. The molecule has 0 spiro atoms. The molecule has 0 aliphatic heterocycles. The van der Waals surface area contributed by atoms with E-state index in [0.29, 0.717) is 16.9 Å². The maximum atomic E-state index is 12.5. The van der Waals surface area contributed by atoms with E-state index < -0.39 is 0 Å². The van der Waals surface area contributed by atoms with Gasteiger partial charge in [-0.3, -0.25) is 4.79 Å². The number of anilines is 1. The molecule has 1 amide bonds. The SMILES string of the molecule is Cc1cccc(C(C)C)c1NC(=O)CSc1nc2nc(C)c(C)c(C)n2n1. The molecule has 3 rings (SSSR count). The number of fused-ring (bicyclic) bond motifs is 1. The topological polar surface area (TPSA) is 72.2 Å². The Morgan fingerprint density at radius 3 is 2.63 bits per heavy atom. The van der Waals surface area contributed by atoms with E-state index in [4.69, 9.17) is 0 Å². The third kappa shape index (κ3) is 3.98. The van der Waals surface area contributed by atoms with Gasteiger partial charge in [-0.05, 0) is 50.3 Å². The van der Waals surface area contributed by atoms with Crippen LogP contribution in [0.3, 0.4) is 0 Å². The van der Waals surface area contributed by atoms with Crippen LogP contribution in [0.5, 0.6) is 0 Å². The van der Waals surface area contributed by atoms with Crippen molar-refractivity contribution in [2.24, 2.45) is 0 Å².